The number of hydrogen-bond donors (Lipinski definition) is 0. The van der Waals surface area contributed by atoms with Crippen molar-refractivity contribution < 1.29 is 0 Å². The summed E-state index contributed by atoms with van der Waals surface area (Å²) in [4.78, 5) is 4.63. The van der Waals surface area contributed by atoms with Crippen LogP contribution in [0.15, 0.2) is 97.1 Å². The van der Waals surface area contributed by atoms with Gasteiger partial charge >= 0.3 is 0 Å². The second-order valence-electron chi connectivity index (χ2n) is 8.64. The maximum Gasteiger partial charge on any atom is 0.0366 e. The van der Waals surface area contributed by atoms with Gasteiger partial charge in [0.2, 0.25) is 0 Å². The molecule has 34 heavy (non-hydrogen) atoms. The lowest BCUT2D eigenvalue weighted by Gasteiger charge is -2.24. The second-order valence-corrected chi connectivity index (χ2v) is 8.64. The summed E-state index contributed by atoms with van der Waals surface area (Å²) < 4.78 is 0. The summed E-state index contributed by atoms with van der Waals surface area (Å²) in [5, 5.41) is 0. The molecule has 0 N–H and O–H groups in total. The molecule has 0 bridgehead atoms. The SMILES string of the molecule is CCCCN(CCCC)c1ccc(/C=C/C=C/C=C/C=C/C=C/c2ccc(N(C)C)cc2)cc1. The van der Waals surface area contributed by atoms with Crippen LogP contribution >= 0.6 is 0 Å². The molecule has 0 saturated heterocycles. The van der Waals surface area contributed by atoms with Gasteiger partial charge in [-0.05, 0) is 48.2 Å². The van der Waals surface area contributed by atoms with Crippen LogP contribution in [0.1, 0.15) is 50.7 Å². The Morgan fingerprint density at radius 3 is 1.29 bits per heavy atom. The van der Waals surface area contributed by atoms with Gasteiger partial charge < -0.3 is 9.80 Å². The zero-order valence-corrected chi connectivity index (χ0v) is 21.5. The number of benzene rings is 2. The average Bonchev–Trinajstić information content (AvgIpc) is 2.86. The van der Waals surface area contributed by atoms with E-state index in [-0.39, 0.29) is 0 Å². The van der Waals surface area contributed by atoms with E-state index in [1.165, 1.54) is 48.2 Å². The molecular formula is C32H42N2. The zero-order valence-electron chi connectivity index (χ0n) is 21.5. The first-order valence-electron chi connectivity index (χ1n) is 12.6. The smallest absolute Gasteiger partial charge is 0.0366 e. The van der Waals surface area contributed by atoms with Crippen LogP contribution in [0.5, 0.6) is 0 Å². The van der Waals surface area contributed by atoms with Crippen LogP contribution in [0.25, 0.3) is 12.2 Å². The Labute approximate surface area is 208 Å². The molecule has 0 unspecified atom stereocenters. The van der Waals surface area contributed by atoms with E-state index >= 15 is 0 Å². The van der Waals surface area contributed by atoms with Crippen molar-refractivity contribution in [3.63, 3.8) is 0 Å². The van der Waals surface area contributed by atoms with Gasteiger partial charge in [0.1, 0.15) is 0 Å². The van der Waals surface area contributed by atoms with Gasteiger partial charge in [0.15, 0.2) is 0 Å². The van der Waals surface area contributed by atoms with E-state index in [0.717, 1.165) is 13.1 Å². The summed E-state index contributed by atoms with van der Waals surface area (Å²) in [6, 6.07) is 17.5. The molecule has 0 aliphatic rings. The highest BCUT2D eigenvalue weighted by Gasteiger charge is 2.04. The van der Waals surface area contributed by atoms with Gasteiger partial charge in [-0.2, -0.15) is 0 Å². The van der Waals surface area contributed by atoms with Crippen molar-refractivity contribution in [2.24, 2.45) is 0 Å². The van der Waals surface area contributed by atoms with Crippen molar-refractivity contribution in [3.05, 3.63) is 108 Å². The standard InChI is InChI=1S/C32H42N2/c1-5-7-27-34(28-8-6-2)32-25-21-30(22-26-32)18-16-14-12-10-9-11-13-15-17-29-19-23-31(24-20-29)33(3)4/h9-26H,5-8,27-28H2,1-4H3/b10-9+,13-11+,14-12+,17-15+,18-16+. The minimum atomic E-state index is 1.15. The van der Waals surface area contributed by atoms with Gasteiger partial charge in [-0.15, -0.1) is 0 Å². The highest BCUT2D eigenvalue weighted by Crippen LogP contribution is 2.18. The van der Waals surface area contributed by atoms with Crippen LogP contribution in [0.2, 0.25) is 0 Å². The number of hydrogen-bond acceptors (Lipinski definition) is 2. The molecule has 0 heterocycles. The molecule has 0 aliphatic carbocycles. The van der Waals surface area contributed by atoms with Crippen LogP contribution in [-0.4, -0.2) is 27.2 Å². The highest BCUT2D eigenvalue weighted by atomic mass is 15.1. The Morgan fingerprint density at radius 2 is 0.912 bits per heavy atom. The number of anilines is 2. The summed E-state index contributed by atoms with van der Waals surface area (Å²) in [5.74, 6) is 0. The van der Waals surface area contributed by atoms with Gasteiger partial charge in [-0.25, -0.2) is 0 Å². The minimum absolute atomic E-state index is 1.15. The first kappa shape index (κ1) is 27.0. The van der Waals surface area contributed by atoms with Crippen LogP contribution in [0.4, 0.5) is 11.4 Å². The molecule has 2 heteroatoms. The minimum Gasteiger partial charge on any atom is -0.378 e. The molecule has 2 aromatic rings. The second kappa shape index (κ2) is 16.4. The molecule has 0 spiro atoms. The Morgan fingerprint density at radius 1 is 0.529 bits per heavy atom. The summed E-state index contributed by atoms with van der Waals surface area (Å²) in [6.07, 6.45) is 25.7. The maximum atomic E-state index is 2.52. The van der Waals surface area contributed by atoms with E-state index in [1.807, 2.05) is 24.3 Å². The number of rotatable bonds is 14. The fourth-order valence-corrected chi connectivity index (χ4v) is 3.47. The Kier molecular flexibility index (Phi) is 13.0. The van der Waals surface area contributed by atoms with Crippen LogP contribution in [0, 0.1) is 0 Å². The molecule has 0 fully saturated rings. The van der Waals surface area contributed by atoms with Gasteiger partial charge in [0, 0.05) is 38.6 Å². The Hall–Kier alpha value is -3.26. The van der Waals surface area contributed by atoms with Crippen molar-refractivity contribution in [3.8, 4) is 0 Å². The molecule has 2 rings (SSSR count). The molecule has 0 amide bonds. The fraction of sp³-hybridized carbons (Fsp3) is 0.312. The van der Waals surface area contributed by atoms with Gasteiger partial charge in [-0.3, -0.25) is 0 Å². The lowest BCUT2D eigenvalue weighted by molar-refractivity contribution is 0.678. The van der Waals surface area contributed by atoms with Crippen molar-refractivity contribution >= 4 is 23.5 Å². The molecule has 0 aromatic heterocycles. The number of allylic oxidation sites excluding steroid dienone is 8. The molecule has 0 saturated carbocycles. The van der Waals surface area contributed by atoms with E-state index in [9.17, 15) is 0 Å². The maximum absolute atomic E-state index is 2.52. The number of unbranched alkanes of at least 4 members (excludes halogenated alkanes) is 2. The third kappa shape index (κ3) is 10.6. The third-order valence-electron chi connectivity index (χ3n) is 5.59. The lowest BCUT2D eigenvalue weighted by atomic mass is 10.1. The van der Waals surface area contributed by atoms with Crippen molar-refractivity contribution in [1.82, 2.24) is 0 Å². The van der Waals surface area contributed by atoms with Gasteiger partial charge in [0.05, 0.1) is 0 Å². The first-order valence-corrected chi connectivity index (χ1v) is 12.6. The van der Waals surface area contributed by atoms with Crippen molar-refractivity contribution in [2.45, 2.75) is 39.5 Å². The largest absolute Gasteiger partial charge is 0.378 e. The predicted molar refractivity (Wildman–Crippen MR) is 155 cm³/mol. The van der Waals surface area contributed by atoms with Gasteiger partial charge in [-0.1, -0.05) is 112 Å². The third-order valence-corrected chi connectivity index (χ3v) is 5.59. The predicted octanol–water partition coefficient (Wildman–Crippen LogP) is 8.55. The van der Waals surface area contributed by atoms with E-state index in [0.29, 0.717) is 0 Å². The summed E-state index contributed by atoms with van der Waals surface area (Å²) in [7, 11) is 4.11. The highest BCUT2D eigenvalue weighted by molar-refractivity contribution is 5.58. The van der Waals surface area contributed by atoms with Crippen LogP contribution < -0.4 is 9.80 Å². The first-order chi connectivity index (χ1) is 16.6. The Bertz CT molecular complexity index is 934. The lowest BCUT2D eigenvalue weighted by Crippen LogP contribution is -2.25. The molecule has 0 radical (unpaired) electrons. The van der Waals surface area contributed by atoms with E-state index in [1.54, 1.807) is 0 Å². The Balaban J connectivity index is 1.77. The normalized spacial score (nSPS) is 12.2. The molecule has 180 valence electrons. The summed E-state index contributed by atoms with van der Waals surface area (Å²) >= 11 is 0. The van der Waals surface area contributed by atoms with Crippen LogP contribution in [-0.2, 0) is 0 Å². The quantitative estimate of drug-likeness (QED) is 0.264. The summed E-state index contributed by atoms with van der Waals surface area (Å²) in [6.45, 7) is 6.81. The monoisotopic (exact) mass is 454 g/mol. The zero-order chi connectivity index (χ0) is 24.4. The molecule has 2 aromatic carbocycles. The van der Waals surface area contributed by atoms with Crippen LogP contribution in [0.3, 0.4) is 0 Å². The summed E-state index contributed by atoms with van der Waals surface area (Å²) in [5.41, 5.74) is 4.98. The fourth-order valence-electron chi connectivity index (χ4n) is 3.47. The van der Waals surface area contributed by atoms with Gasteiger partial charge in [0.25, 0.3) is 0 Å². The van der Waals surface area contributed by atoms with Crippen molar-refractivity contribution in [2.75, 3.05) is 37.0 Å². The topological polar surface area (TPSA) is 6.48 Å². The van der Waals surface area contributed by atoms with E-state index in [4.69, 9.17) is 0 Å². The van der Waals surface area contributed by atoms with E-state index in [2.05, 4.69) is 123 Å². The van der Waals surface area contributed by atoms with Crippen molar-refractivity contribution in [1.29, 1.82) is 0 Å². The number of nitrogens with zero attached hydrogens (tertiary/aromatic N) is 2. The average molecular weight is 455 g/mol. The molecule has 0 atom stereocenters. The molecule has 0 aliphatic heterocycles. The van der Waals surface area contributed by atoms with E-state index < -0.39 is 0 Å². The molecule has 2 nitrogen and oxygen atoms in total. The molecular weight excluding hydrogens is 412 g/mol.